The van der Waals surface area contributed by atoms with E-state index < -0.39 is 0 Å². The summed E-state index contributed by atoms with van der Waals surface area (Å²) >= 11 is 0. The largest absolute Gasteiger partial charge is 0.321 e. The third-order valence-corrected chi connectivity index (χ3v) is 10.5. The van der Waals surface area contributed by atoms with Crippen LogP contribution in [0.15, 0.2) is 134 Å². The number of H-pyrrole nitrogens is 1. The van der Waals surface area contributed by atoms with Gasteiger partial charge in [-0.3, -0.25) is 4.98 Å². The number of benzene rings is 5. The summed E-state index contributed by atoms with van der Waals surface area (Å²) in [4.78, 5) is 15.4. The van der Waals surface area contributed by atoms with Gasteiger partial charge in [-0.1, -0.05) is 92.1 Å². The summed E-state index contributed by atoms with van der Waals surface area (Å²) in [5, 5.41) is 16.8. The van der Waals surface area contributed by atoms with Gasteiger partial charge < -0.3 is 4.57 Å². The predicted octanol–water partition coefficient (Wildman–Crippen LogP) is 10.5. The molecule has 0 atom stereocenters. The van der Waals surface area contributed by atoms with E-state index in [1.807, 2.05) is 12.3 Å². The highest BCUT2D eigenvalue weighted by molar-refractivity contribution is 6.09. The van der Waals surface area contributed by atoms with Crippen LogP contribution >= 0.6 is 0 Å². The molecule has 0 amide bonds. The summed E-state index contributed by atoms with van der Waals surface area (Å²) in [6.07, 6.45) is 7.84. The first kappa shape index (κ1) is 30.3. The lowest BCUT2D eigenvalue weighted by atomic mass is 9.87. The van der Waals surface area contributed by atoms with E-state index in [4.69, 9.17) is 9.97 Å². The fraction of sp³-hybridized carbons (Fsp3) is 0.136. The molecule has 250 valence electrons. The first-order valence-corrected chi connectivity index (χ1v) is 18.0. The number of imidazole rings is 1. The summed E-state index contributed by atoms with van der Waals surface area (Å²) < 4.78 is 2.49. The molecule has 0 spiro atoms. The number of rotatable bonds is 6. The molecule has 0 bridgehead atoms. The van der Waals surface area contributed by atoms with Crippen molar-refractivity contribution in [2.45, 2.75) is 38.1 Å². The minimum Gasteiger partial charge on any atom is -0.321 e. The van der Waals surface area contributed by atoms with Crippen LogP contribution in [0.1, 0.15) is 38.1 Å². The lowest BCUT2D eigenvalue weighted by Crippen LogP contribution is -2.14. The Morgan fingerprint density at radius 2 is 1.35 bits per heavy atom. The van der Waals surface area contributed by atoms with E-state index in [1.54, 1.807) is 0 Å². The molecule has 10 rings (SSSR count). The van der Waals surface area contributed by atoms with Gasteiger partial charge in [0, 0.05) is 50.8 Å². The van der Waals surface area contributed by atoms with Crippen LogP contribution in [0.4, 0.5) is 0 Å². The zero-order valence-corrected chi connectivity index (χ0v) is 28.4. The number of hydrogen-bond acceptors (Lipinski definition) is 6. The first-order chi connectivity index (χ1) is 25.8. The van der Waals surface area contributed by atoms with Crippen molar-refractivity contribution in [1.29, 1.82) is 0 Å². The van der Waals surface area contributed by atoms with Crippen molar-refractivity contribution in [2.75, 3.05) is 0 Å². The third kappa shape index (κ3) is 5.22. The van der Waals surface area contributed by atoms with Crippen molar-refractivity contribution in [2.24, 2.45) is 0 Å². The Balaban J connectivity index is 1.26. The maximum absolute atomic E-state index is 5.45. The molecule has 0 saturated heterocycles. The van der Waals surface area contributed by atoms with E-state index >= 15 is 0 Å². The van der Waals surface area contributed by atoms with Crippen LogP contribution in [-0.4, -0.2) is 40.1 Å². The predicted molar refractivity (Wildman–Crippen MR) is 207 cm³/mol. The van der Waals surface area contributed by atoms with Crippen LogP contribution in [0, 0.1) is 0 Å². The van der Waals surface area contributed by atoms with Crippen LogP contribution < -0.4 is 0 Å². The number of aromatic amines is 1. The smallest absolute Gasteiger partial charge is 0.179 e. The van der Waals surface area contributed by atoms with Crippen molar-refractivity contribution >= 4 is 32.8 Å². The Labute approximate surface area is 300 Å². The Bertz CT molecular complexity index is 2710. The molecule has 4 heterocycles. The number of nitrogens with one attached hydrogen (secondary N) is 1. The molecule has 1 saturated carbocycles. The normalized spacial score (nSPS) is 13.7. The van der Waals surface area contributed by atoms with Crippen molar-refractivity contribution < 1.29 is 0 Å². The lowest BCUT2D eigenvalue weighted by molar-refractivity contribution is 0.362. The number of nitrogens with zero attached hydrogens (tertiary/aromatic N) is 7. The fourth-order valence-corrected chi connectivity index (χ4v) is 8.06. The standard InChI is InChI=1S/C44H34N8/c1-4-11-28(12-5-1)40-35-26-33(44-47-38-27-32(43-48-50-51-49-43)20-23-39(38)52(44)34-16-8-3-9-17-34)19-22-37(35)46-42(29-13-6-2-7-14-29)41(40)31-18-21-36-30(25-31)15-10-24-45-36/h1-2,4-7,10-15,18-27,34H,3,8-9,16-17H2,(H,48,49,50,51). The average molecular weight is 675 g/mol. The highest BCUT2D eigenvalue weighted by atomic mass is 15.5. The summed E-state index contributed by atoms with van der Waals surface area (Å²) in [5.74, 6) is 1.60. The Morgan fingerprint density at radius 3 is 2.15 bits per heavy atom. The Kier molecular flexibility index (Phi) is 7.37. The van der Waals surface area contributed by atoms with E-state index in [0.717, 1.165) is 96.1 Å². The van der Waals surface area contributed by atoms with Gasteiger partial charge in [-0.2, -0.15) is 0 Å². The summed E-state index contributed by atoms with van der Waals surface area (Å²) in [6, 6.07) is 45.3. The molecule has 1 fully saturated rings. The molecule has 8 heteroatoms. The van der Waals surface area contributed by atoms with Gasteiger partial charge in [0.25, 0.3) is 0 Å². The zero-order valence-electron chi connectivity index (χ0n) is 28.4. The number of hydrogen-bond donors (Lipinski definition) is 1. The molecule has 0 radical (unpaired) electrons. The molecule has 8 nitrogen and oxygen atoms in total. The van der Waals surface area contributed by atoms with Gasteiger partial charge in [-0.15, -0.1) is 5.10 Å². The topological polar surface area (TPSA) is 98.1 Å². The third-order valence-electron chi connectivity index (χ3n) is 10.5. The van der Waals surface area contributed by atoms with Gasteiger partial charge in [-0.05, 0) is 89.0 Å². The van der Waals surface area contributed by atoms with E-state index in [0.29, 0.717) is 11.9 Å². The average Bonchev–Trinajstić information content (AvgIpc) is 3.90. The second kappa shape index (κ2) is 12.7. The van der Waals surface area contributed by atoms with Crippen LogP contribution in [-0.2, 0) is 0 Å². The molecular weight excluding hydrogens is 641 g/mol. The van der Waals surface area contributed by atoms with Gasteiger partial charge in [0.1, 0.15) is 5.82 Å². The molecule has 0 aliphatic heterocycles. The van der Waals surface area contributed by atoms with E-state index in [2.05, 4.69) is 152 Å². The quantitative estimate of drug-likeness (QED) is 0.188. The molecular formula is C44H34N8. The van der Waals surface area contributed by atoms with E-state index in [9.17, 15) is 0 Å². The van der Waals surface area contributed by atoms with Gasteiger partial charge >= 0.3 is 0 Å². The van der Waals surface area contributed by atoms with E-state index in [1.165, 1.54) is 19.3 Å². The van der Waals surface area contributed by atoms with Crippen LogP contribution in [0.3, 0.4) is 0 Å². The number of pyridine rings is 2. The fourth-order valence-electron chi connectivity index (χ4n) is 8.06. The SMILES string of the molecule is c1ccc(-c2nc3ccc(-c4nc5cc(-c6nnn[nH]6)ccc5n4C4CCCCC4)cc3c(-c3ccccc3)c2-c2ccc3ncccc3c2)cc1. The molecule has 0 unspecified atom stereocenters. The van der Waals surface area contributed by atoms with Crippen molar-refractivity contribution in [3.8, 4) is 56.3 Å². The molecule has 9 aromatic rings. The lowest BCUT2D eigenvalue weighted by Gasteiger charge is -2.26. The minimum atomic E-state index is 0.371. The number of tetrazole rings is 1. The van der Waals surface area contributed by atoms with Crippen LogP contribution in [0.25, 0.3) is 89.1 Å². The molecule has 4 aromatic heterocycles. The molecule has 1 N–H and O–H groups in total. The minimum absolute atomic E-state index is 0.371. The van der Waals surface area contributed by atoms with Gasteiger partial charge in [0.2, 0.25) is 0 Å². The highest BCUT2D eigenvalue weighted by Gasteiger charge is 2.25. The number of aromatic nitrogens is 8. The van der Waals surface area contributed by atoms with E-state index in [-0.39, 0.29) is 0 Å². The second-order valence-corrected chi connectivity index (χ2v) is 13.6. The van der Waals surface area contributed by atoms with Gasteiger partial charge in [0.05, 0.1) is 27.8 Å². The van der Waals surface area contributed by atoms with Crippen LogP contribution in [0.5, 0.6) is 0 Å². The molecule has 5 aromatic carbocycles. The highest BCUT2D eigenvalue weighted by Crippen LogP contribution is 2.45. The monoisotopic (exact) mass is 674 g/mol. The van der Waals surface area contributed by atoms with Crippen molar-refractivity contribution in [1.82, 2.24) is 40.1 Å². The van der Waals surface area contributed by atoms with Crippen molar-refractivity contribution in [3.05, 3.63) is 134 Å². The molecule has 1 aliphatic carbocycles. The summed E-state index contributed by atoms with van der Waals surface area (Å²) in [6.45, 7) is 0. The maximum Gasteiger partial charge on any atom is 0.179 e. The summed E-state index contributed by atoms with van der Waals surface area (Å²) in [5.41, 5.74) is 12.4. The van der Waals surface area contributed by atoms with Gasteiger partial charge in [0.15, 0.2) is 5.82 Å². The zero-order chi connectivity index (χ0) is 34.4. The maximum atomic E-state index is 5.45. The van der Waals surface area contributed by atoms with Crippen molar-refractivity contribution in [3.63, 3.8) is 0 Å². The second-order valence-electron chi connectivity index (χ2n) is 13.6. The van der Waals surface area contributed by atoms with Crippen LogP contribution in [0.2, 0.25) is 0 Å². The first-order valence-electron chi connectivity index (χ1n) is 18.0. The Hall–Kier alpha value is -6.54. The summed E-state index contributed by atoms with van der Waals surface area (Å²) in [7, 11) is 0. The Morgan fingerprint density at radius 1 is 0.577 bits per heavy atom. The van der Waals surface area contributed by atoms with Gasteiger partial charge in [-0.25, -0.2) is 15.1 Å². The molecule has 1 aliphatic rings. The number of fused-ring (bicyclic) bond motifs is 3. The molecule has 52 heavy (non-hydrogen) atoms.